The van der Waals surface area contributed by atoms with Gasteiger partial charge in [-0.3, -0.25) is 4.79 Å². The molecular weight excluding hydrogens is 136 g/mol. The van der Waals surface area contributed by atoms with Crippen LogP contribution in [-0.4, -0.2) is 16.9 Å². The summed E-state index contributed by atoms with van der Waals surface area (Å²) in [7, 11) is 0. The monoisotopic (exact) mass is 142 g/mol. The second-order valence-corrected chi connectivity index (χ2v) is 1.44. The topological polar surface area (TPSA) is 99.2 Å². The average molecular weight is 142 g/mol. The van der Waals surface area contributed by atoms with Crippen LogP contribution in [0.4, 0.5) is 4.79 Å². The van der Waals surface area contributed by atoms with E-state index in [0.717, 1.165) is 6.92 Å². The van der Waals surface area contributed by atoms with Gasteiger partial charge in [-0.15, -0.1) is 5.01 Å². The molecule has 0 spiro atoms. The number of urea groups is 1. The van der Waals surface area contributed by atoms with E-state index in [2.05, 4.69) is 5.73 Å². The molecule has 3 amide bonds. The highest BCUT2D eigenvalue weighted by Crippen LogP contribution is 1.75. The molecule has 0 radical (unpaired) electrons. The van der Waals surface area contributed by atoms with E-state index < -0.39 is 11.9 Å². The van der Waals surface area contributed by atoms with Crippen molar-refractivity contribution in [2.45, 2.75) is 6.92 Å². The molecule has 0 unspecified atom stereocenters. The maximum Gasteiger partial charge on any atom is 0.347 e. The Kier molecular flexibility index (Phi) is 2.71. The van der Waals surface area contributed by atoms with Crippen LogP contribution in [-0.2, 0) is 4.79 Å². The molecule has 0 saturated heterocycles. The van der Waals surface area contributed by atoms with Gasteiger partial charge in [0.2, 0.25) is 12.1 Å². The lowest BCUT2D eigenvalue weighted by Gasteiger charge is -2.08. The van der Waals surface area contributed by atoms with Crippen LogP contribution in [0.15, 0.2) is 0 Å². The van der Waals surface area contributed by atoms with Crippen molar-refractivity contribution in [2.24, 2.45) is 5.73 Å². The predicted octanol–water partition coefficient (Wildman–Crippen LogP) is -1.10. The third kappa shape index (κ3) is 2.52. The molecule has 0 rings (SSSR count). The van der Waals surface area contributed by atoms with Gasteiger partial charge in [0.25, 0.3) is 0 Å². The number of nitrogens with one attached hydrogen (secondary N) is 1. The molecule has 3 N–H and O–H groups in total. The molecule has 0 saturated carbocycles. The van der Waals surface area contributed by atoms with E-state index in [0.29, 0.717) is 5.01 Å². The van der Waals surface area contributed by atoms with Crippen molar-refractivity contribution in [3.05, 3.63) is 0 Å². The van der Waals surface area contributed by atoms with Gasteiger partial charge in [-0.2, -0.15) is 5.26 Å². The maximum absolute atomic E-state index is 10.2. The lowest BCUT2D eigenvalue weighted by molar-refractivity contribution is -0.121. The minimum absolute atomic E-state index is 0.336. The van der Waals surface area contributed by atoms with Crippen LogP contribution in [0.3, 0.4) is 0 Å². The first-order valence-corrected chi connectivity index (χ1v) is 2.34. The van der Waals surface area contributed by atoms with E-state index in [1.54, 1.807) is 0 Å². The minimum atomic E-state index is -1.02. The molecule has 0 fully saturated rings. The number of carbonyl (C=O) groups is 2. The van der Waals surface area contributed by atoms with Crippen LogP contribution >= 0.6 is 0 Å². The Balaban J connectivity index is 4.00. The van der Waals surface area contributed by atoms with E-state index in [4.69, 9.17) is 5.26 Å². The smallest absolute Gasteiger partial charge is 0.347 e. The van der Waals surface area contributed by atoms with Crippen molar-refractivity contribution in [3.63, 3.8) is 0 Å². The molecule has 6 nitrogen and oxygen atoms in total. The van der Waals surface area contributed by atoms with Gasteiger partial charge in [-0.25, -0.2) is 10.2 Å². The molecule has 10 heavy (non-hydrogen) atoms. The summed E-state index contributed by atoms with van der Waals surface area (Å²) in [4.78, 5) is 20.4. The highest BCUT2D eigenvalue weighted by atomic mass is 16.2. The number of hydrogen-bond acceptors (Lipinski definition) is 3. The van der Waals surface area contributed by atoms with Crippen LogP contribution in [0.1, 0.15) is 6.92 Å². The summed E-state index contributed by atoms with van der Waals surface area (Å²) in [6.07, 6.45) is 1.36. The zero-order valence-electron chi connectivity index (χ0n) is 5.29. The van der Waals surface area contributed by atoms with Gasteiger partial charge < -0.3 is 5.73 Å². The normalized spacial score (nSPS) is 7.60. The summed E-state index contributed by atoms with van der Waals surface area (Å²) in [6.45, 7) is 1.16. The number of hydrazine groups is 1. The SMILES string of the molecule is CC(=O)NN(C#N)C(N)=O. The highest BCUT2D eigenvalue weighted by Gasteiger charge is 2.07. The van der Waals surface area contributed by atoms with E-state index in [1.807, 2.05) is 5.43 Å². The summed E-state index contributed by atoms with van der Waals surface area (Å²) in [5.74, 6) is -0.527. The largest absolute Gasteiger partial charge is 0.349 e. The number of amides is 3. The third-order valence-corrected chi connectivity index (χ3v) is 0.590. The third-order valence-electron chi connectivity index (χ3n) is 0.590. The second-order valence-electron chi connectivity index (χ2n) is 1.44. The van der Waals surface area contributed by atoms with Crippen molar-refractivity contribution in [1.82, 2.24) is 10.4 Å². The highest BCUT2D eigenvalue weighted by molar-refractivity contribution is 5.79. The van der Waals surface area contributed by atoms with E-state index >= 15 is 0 Å². The summed E-state index contributed by atoms with van der Waals surface area (Å²) < 4.78 is 0. The molecule has 0 aromatic rings. The number of carbonyl (C=O) groups excluding carboxylic acids is 2. The number of nitriles is 1. The molecule has 0 bridgehead atoms. The molecule has 0 atom stereocenters. The van der Waals surface area contributed by atoms with Crippen LogP contribution in [0.5, 0.6) is 0 Å². The van der Waals surface area contributed by atoms with Crippen molar-refractivity contribution in [1.29, 1.82) is 5.26 Å². The standard InChI is InChI=1S/C4H6N4O2/c1-3(9)7-8(2-5)4(6)10/h1H3,(H2,6,10)(H,7,9). The number of nitrogens with zero attached hydrogens (tertiary/aromatic N) is 2. The first kappa shape index (κ1) is 8.23. The number of nitrogens with two attached hydrogens (primary N) is 1. The molecule has 0 aliphatic rings. The van der Waals surface area contributed by atoms with Gasteiger partial charge in [0, 0.05) is 6.92 Å². The van der Waals surface area contributed by atoms with Gasteiger partial charge in [0.15, 0.2) is 0 Å². The van der Waals surface area contributed by atoms with Crippen molar-refractivity contribution in [3.8, 4) is 6.19 Å². The Hall–Kier alpha value is -1.77. The first-order chi connectivity index (χ1) is 4.57. The Labute approximate surface area is 57.2 Å². The van der Waals surface area contributed by atoms with Crippen molar-refractivity contribution < 1.29 is 9.59 Å². The van der Waals surface area contributed by atoms with Crippen LogP contribution in [0, 0.1) is 11.5 Å². The quantitative estimate of drug-likeness (QED) is 0.255. The van der Waals surface area contributed by atoms with E-state index in [1.165, 1.54) is 6.19 Å². The summed E-state index contributed by atoms with van der Waals surface area (Å²) in [5, 5.41) is 8.44. The Morgan fingerprint density at radius 1 is 1.70 bits per heavy atom. The molecule has 54 valence electrons. The molecule has 0 aromatic carbocycles. The molecular formula is C4H6N4O2. The maximum atomic E-state index is 10.2. The molecule has 0 heterocycles. The second kappa shape index (κ2) is 3.29. The average Bonchev–Trinajstić information content (AvgIpc) is 1.81. The summed E-state index contributed by atoms with van der Waals surface area (Å²) >= 11 is 0. The van der Waals surface area contributed by atoms with E-state index in [9.17, 15) is 9.59 Å². The molecule has 0 aliphatic carbocycles. The van der Waals surface area contributed by atoms with Crippen LogP contribution in [0.25, 0.3) is 0 Å². The molecule has 6 heteroatoms. The summed E-state index contributed by atoms with van der Waals surface area (Å²) in [5.41, 5.74) is 6.53. The van der Waals surface area contributed by atoms with Crippen LogP contribution < -0.4 is 11.2 Å². The fourth-order valence-electron chi connectivity index (χ4n) is 0.287. The number of primary amides is 1. The Morgan fingerprint density at radius 3 is 2.30 bits per heavy atom. The van der Waals surface area contributed by atoms with Gasteiger partial charge in [0.1, 0.15) is 0 Å². The minimum Gasteiger partial charge on any atom is -0.349 e. The molecule has 0 aliphatic heterocycles. The fourth-order valence-corrected chi connectivity index (χ4v) is 0.287. The lowest BCUT2D eigenvalue weighted by Crippen LogP contribution is -2.44. The Bertz CT molecular complexity index is 194. The van der Waals surface area contributed by atoms with E-state index in [-0.39, 0.29) is 0 Å². The van der Waals surface area contributed by atoms with Crippen molar-refractivity contribution >= 4 is 11.9 Å². The summed E-state index contributed by atoms with van der Waals surface area (Å²) in [6, 6.07) is -1.02. The zero-order valence-corrected chi connectivity index (χ0v) is 5.29. The van der Waals surface area contributed by atoms with Crippen LogP contribution in [0.2, 0.25) is 0 Å². The number of rotatable bonds is 0. The van der Waals surface area contributed by atoms with Gasteiger partial charge in [0.05, 0.1) is 0 Å². The fraction of sp³-hybridized carbons (Fsp3) is 0.250. The van der Waals surface area contributed by atoms with Gasteiger partial charge >= 0.3 is 6.03 Å². The predicted molar refractivity (Wildman–Crippen MR) is 30.9 cm³/mol. The van der Waals surface area contributed by atoms with Gasteiger partial charge in [-0.05, 0) is 0 Å². The lowest BCUT2D eigenvalue weighted by atomic mass is 10.7. The van der Waals surface area contributed by atoms with Crippen molar-refractivity contribution in [2.75, 3.05) is 0 Å². The van der Waals surface area contributed by atoms with Gasteiger partial charge in [-0.1, -0.05) is 0 Å². The zero-order chi connectivity index (χ0) is 8.15. The molecule has 0 aromatic heterocycles. The first-order valence-electron chi connectivity index (χ1n) is 2.34. The Morgan fingerprint density at radius 2 is 2.20 bits per heavy atom. The number of hydrogen-bond donors (Lipinski definition) is 2.